The van der Waals surface area contributed by atoms with E-state index in [2.05, 4.69) is 12.9 Å². The van der Waals surface area contributed by atoms with Crippen LogP contribution in [-0.4, -0.2) is 6.61 Å². The highest BCUT2D eigenvalue weighted by molar-refractivity contribution is 7.75. The van der Waals surface area contributed by atoms with Gasteiger partial charge in [0.25, 0.3) is 0 Å². The van der Waals surface area contributed by atoms with Crippen LogP contribution in [0.25, 0.3) is 0 Å². The van der Waals surface area contributed by atoms with Crippen molar-refractivity contribution in [1.29, 1.82) is 0 Å². The van der Waals surface area contributed by atoms with E-state index < -0.39 is 0 Å². The second kappa shape index (κ2) is 3.41. The van der Waals surface area contributed by atoms with Crippen molar-refractivity contribution in [3.8, 4) is 0 Å². The van der Waals surface area contributed by atoms with Crippen molar-refractivity contribution in [1.82, 2.24) is 0 Å². The van der Waals surface area contributed by atoms with Crippen LogP contribution in [-0.2, 0) is 4.18 Å². The number of hydrogen-bond donors (Lipinski definition) is 1. The van der Waals surface area contributed by atoms with E-state index in [0.29, 0.717) is 5.41 Å². The van der Waals surface area contributed by atoms with Gasteiger partial charge in [0, 0.05) is 0 Å². The molecule has 4 bridgehead atoms. The molecule has 0 spiro atoms. The van der Waals surface area contributed by atoms with Crippen molar-refractivity contribution in [2.45, 2.75) is 44.9 Å². The van der Waals surface area contributed by atoms with Gasteiger partial charge in [-0.3, -0.25) is 0 Å². The lowest BCUT2D eigenvalue weighted by Gasteiger charge is -2.57. The zero-order chi connectivity index (χ0) is 9.60. The summed E-state index contributed by atoms with van der Waals surface area (Å²) in [5.74, 6) is 3.21. The van der Waals surface area contributed by atoms with E-state index in [9.17, 15) is 0 Å². The van der Waals surface area contributed by atoms with Crippen molar-refractivity contribution < 1.29 is 4.18 Å². The summed E-state index contributed by atoms with van der Waals surface area (Å²) in [5, 5.41) is 0. The molecule has 14 heavy (non-hydrogen) atoms. The Morgan fingerprint density at radius 3 is 1.93 bits per heavy atom. The highest BCUT2D eigenvalue weighted by Gasteiger charge is 2.50. The fourth-order valence-electron chi connectivity index (χ4n) is 4.86. The molecule has 4 aliphatic carbocycles. The third kappa shape index (κ3) is 1.51. The highest BCUT2D eigenvalue weighted by Crippen LogP contribution is 2.61. The van der Waals surface area contributed by atoms with Crippen molar-refractivity contribution in [2.75, 3.05) is 6.61 Å². The van der Waals surface area contributed by atoms with E-state index in [4.69, 9.17) is 4.18 Å². The van der Waals surface area contributed by atoms with Crippen molar-refractivity contribution in [3.63, 3.8) is 0 Å². The Balaban J connectivity index is 1.74. The lowest BCUT2D eigenvalue weighted by Crippen LogP contribution is -2.46. The van der Waals surface area contributed by atoms with Crippen molar-refractivity contribution in [3.05, 3.63) is 0 Å². The average molecular weight is 212 g/mol. The second-order valence-corrected chi connectivity index (χ2v) is 6.26. The van der Waals surface area contributed by atoms with Crippen LogP contribution in [0.3, 0.4) is 0 Å². The molecule has 80 valence electrons. The molecule has 0 saturated heterocycles. The summed E-state index contributed by atoms with van der Waals surface area (Å²) < 4.78 is 4.98. The minimum absolute atomic E-state index is 0.678. The maximum atomic E-state index is 4.98. The Bertz CT molecular complexity index is 191. The molecule has 4 saturated carbocycles. The molecular weight excluding hydrogens is 192 g/mol. The minimum Gasteiger partial charge on any atom is -0.318 e. The molecule has 2 heteroatoms. The fourth-order valence-corrected chi connectivity index (χ4v) is 4.95. The Morgan fingerprint density at radius 1 is 1.00 bits per heavy atom. The Kier molecular flexibility index (Phi) is 2.32. The molecule has 0 aromatic rings. The molecular formula is C12H20OS. The Hall–Kier alpha value is 0.310. The van der Waals surface area contributed by atoms with E-state index >= 15 is 0 Å². The van der Waals surface area contributed by atoms with Gasteiger partial charge in [-0.2, -0.15) is 0 Å². The van der Waals surface area contributed by atoms with Gasteiger partial charge in [0.05, 0.1) is 6.61 Å². The van der Waals surface area contributed by atoms with Gasteiger partial charge in [0.2, 0.25) is 0 Å². The van der Waals surface area contributed by atoms with Crippen LogP contribution < -0.4 is 0 Å². The van der Waals surface area contributed by atoms with E-state index in [1.807, 2.05) is 0 Å². The summed E-state index contributed by atoms with van der Waals surface area (Å²) in [6, 6.07) is 0. The number of thiol groups is 1. The molecule has 0 aliphatic heterocycles. The molecule has 0 radical (unpaired) electrons. The van der Waals surface area contributed by atoms with Crippen molar-refractivity contribution >= 4 is 12.9 Å². The van der Waals surface area contributed by atoms with Gasteiger partial charge in [-0.05, 0) is 81.0 Å². The summed E-state index contributed by atoms with van der Waals surface area (Å²) in [4.78, 5) is 0. The molecule has 4 aliphatic rings. The lowest BCUT2D eigenvalue weighted by atomic mass is 9.49. The molecule has 0 N–H and O–H groups in total. The molecule has 0 aromatic carbocycles. The first-order valence-corrected chi connectivity index (χ1v) is 6.42. The molecule has 4 rings (SSSR count). The average Bonchev–Trinajstić information content (AvgIpc) is 2.12. The zero-order valence-corrected chi connectivity index (χ0v) is 9.64. The van der Waals surface area contributed by atoms with Crippen LogP contribution in [0.15, 0.2) is 0 Å². The molecule has 1 nitrogen and oxygen atoms in total. The predicted molar refractivity (Wildman–Crippen MR) is 60.2 cm³/mol. The smallest absolute Gasteiger partial charge is 0.0615 e. The van der Waals surface area contributed by atoms with Crippen LogP contribution in [0.2, 0.25) is 0 Å². The van der Waals surface area contributed by atoms with Gasteiger partial charge in [-0.15, -0.1) is 0 Å². The number of rotatable bonds is 3. The molecule has 0 amide bonds. The topological polar surface area (TPSA) is 9.23 Å². The van der Waals surface area contributed by atoms with Crippen LogP contribution >= 0.6 is 12.9 Å². The van der Waals surface area contributed by atoms with E-state index in [1.165, 1.54) is 25.7 Å². The quantitative estimate of drug-likeness (QED) is 0.557. The lowest BCUT2D eigenvalue weighted by molar-refractivity contribution is -0.0614. The maximum Gasteiger partial charge on any atom is 0.0615 e. The highest BCUT2D eigenvalue weighted by atomic mass is 32.1. The molecule has 4 fully saturated rings. The standard InChI is InChI=1S/C12H20OS/c14-13-2-1-12-6-9-3-10(7-12)5-11(4-9)8-12/h9-11,14H,1-8H2. The van der Waals surface area contributed by atoms with Gasteiger partial charge in [-0.1, -0.05) is 0 Å². The van der Waals surface area contributed by atoms with Crippen LogP contribution in [0, 0.1) is 23.2 Å². The van der Waals surface area contributed by atoms with Gasteiger partial charge in [-0.25, -0.2) is 0 Å². The summed E-state index contributed by atoms with van der Waals surface area (Å²) in [5.41, 5.74) is 0.678. The molecule has 0 atom stereocenters. The number of hydrogen-bond acceptors (Lipinski definition) is 2. The predicted octanol–water partition coefficient (Wildman–Crippen LogP) is 3.45. The first kappa shape index (κ1) is 9.53. The Morgan fingerprint density at radius 2 is 1.50 bits per heavy atom. The largest absolute Gasteiger partial charge is 0.318 e. The molecule has 0 unspecified atom stereocenters. The molecule has 0 heterocycles. The third-order valence-electron chi connectivity index (χ3n) is 4.89. The summed E-state index contributed by atoms with van der Waals surface area (Å²) in [6.07, 6.45) is 10.4. The molecule has 0 aromatic heterocycles. The summed E-state index contributed by atoms with van der Waals surface area (Å²) >= 11 is 3.87. The van der Waals surface area contributed by atoms with Gasteiger partial charge < -0.3 is 4.18 Å². The van der Waals surface area contributed by atoms with Gasteiger partial charge in [0.1, 0.15) is 0 Å². The summed E-state index contributed by atoms with van der Waals surface area (Å²) in [7, 11) is 0. The first-order valence-electron chi connectivity index (χ1n) is 6.06. The monoisotopic (exact) mass is 212 g/mol. The third-order valence-corrected chi connectivity index (χ3v) is 5.07. The van der Waals surface area contributed by atoms with Crippen LogP contribution in [0.1, 0.15) is 44.9 Å². The fraction of sp³-hybridized carbons (Fsp3) is 1.00. The Labute approximate surface area is 92.2 Å². The SMILES string of the molecule is SOCCC12CC3CC(CC(C3)C1)C2. The second-order valence-electron chi connectivity index (χ2n) is 6.00. The first-order chi connectivity index (χ1) is 6.80. The minimum atomic E-state index is 0.678. The maximum absolute atomic E-state index is 4.98. The van der Waals surface area contributed by atoms with Crippen LogP contribution in [0.5, 0.6) is 0 Å². The normalized spacial score (nSPS) is 49.9. The van der Waals surface area contributed by atoms with Crippen LogP contribution in [0.4, 0.5) is 0 Å². The summed E-state index contributed by atoms with van der Waals surface area (Å²) in [6.45, 7) is 0.856. The van der Waals surface area contributed by atoms with Crippen molar-refractivity contribution in [2.24, 2.45) is 23.2 Å². The van der Waals surface area contributed by atoms with E-state index in [1.54, 1.807) is 19.3 Å². The zero-order valence-electron chi connectivity index (χ0n) is 8.74. The van der Waals surface area contributed by atoms with E-state index in [0.717, 1.165) is 24.4 Å². The van der Waals surface area contributed by atoms with E-state index in [-0.39, 0.29) is 0 Å². The van der Waals surface area contributed by atoms with Gasteiger partial charge in [0.15, 0.2) is 0 Å². The van der Waals surface area contributed by atoms with Gasteiger partial charge >= 0.3 is 0 Å².